The van der Waals surface area contributed by atoms with E-state index in [0.29, 0.717) is 12.2 Å². The summed E-state index contributed by atoms with van der Waals surface area (Å²) in [7, 11) is 4.70. The summed E-state index contributed by atoms with van der Waals surface area (Å²) in [6, 6.07) is 3.61. The van der Waals surface area contributed by atoms with Gasteiger partial charge in [0.05, 0.1) is 12.2 Å². The van der Waals surface area contributed by atoms with Crippen LogP contribution in [0.5, 0.6) is 0 Å². The molecule has 1 saturated heterocycles. The van der Waals surface area contributed by atoms with Crippen molar-refractivity contribution in [3.63, 3.8) is 0 Å². The molecule has 1 amide bonds. The number of nitrogens with zero attached hydrogens (tertiary/aromatic N) is 4. The fourth-order valence-electron chi connectivity index (χ4n) is 3.92. The summed E-state index contributed by atoms with van der Waals surface area (Å²) in [5, 5.41) is 6.42. The van der Waals surface area contributed by atoms with Crippen molar-refractivity contribution in [2.24, 2.45) is 14.1 Å². The molecular formula is C18H24F3N5O. The molecule has 3 heterocycles. The van der Waals surface area contributed by atoms with Gasteiger partial charge in [-0.1, -0.05) is 6.42 Å². The van der Waals surface area contributed by atoms with Crippen LogP contribution < -0.4 is 5.32 Å². The number of nitrogens with one attached hydrogen (secondary N) is 1. The molecule has 1 aliphatic heterocycles. The highest BCUT2D eigenvalue weighted by Crippen LogP contribution is 2.36. The van der Waals surface area contributed by atoms with E-state index in [1.54, 1.807) is 13.1 Å². The number of hydrogen-bond acceptors (Lipinski definition) is 3. The van der Waals surface area contributed by atoms with Gasteiger partial charge in [0.2, 0.25) is 0 Å². The number of carbonyl (C=O) groups is 1. The summed E-state index contributed by atoms with van der Waals surface area (Å²) in [6.45, 7) is 0.880. The van der Waals surface area contributed by atoms with Crippen LogP contribution in [0.1, 0.15) is 52.7 Å². The highest BCUT2D eigenvalue weighted by atomic mass is 19.4. The van der Waals surface area contributed by atoms with E-state index in [1.165, 1.54) is 13.2 Å². The third-order valence-corrected chi connectivity index (χ3v) is 5.23. The number of rotatable bonds is 4. The van der Waals surface area contributed by atoms with Gasteiger partial charge >= 0.3 is 6.18 Å². The maximum atomic E-state index is 13.4. The SMILES string of the molecule is CNC(=O)c1ccc(C2CCCCN2Cc2cnn(C)c2C(F)(F)F)n1C. The Hall–Kier alpha value is -2.29. The lowest BCUT2D eigenvalue weighted by Gasteiger charge is -2.36. The molecule has 0 spiro atoms. The van der Waals surface area contributed by atoms with Crippen molar-refractivity contribution in [3.05, 3.63) is 41.0 Å². The molecule has 1 unspecified atom stereocenters. The van der Waals surface area contributed by atoms with Gasteiger partial charge < -0.3 is 9.88 Å². The van der Waals surface area contributed by atoms with Crippen LogP contribution in [0.2, 0.25) is 0 Å². The van der Waals surface area contributed by atoms with E-state index in [2.05, 4.69) is 15.3 Å². The molecule has 1 atom stereocenters. The van der Waals surface area contributed by atoms with Crippen molar-refractivity contribution < 1.29 is 18.0 Å². The molecule has 3 rings (SSSR count). The maximum absolute atomic E-state index is 13.4. The van der Waals surface area contributed by atoms with Crippen molar-refractivity contribution in [1.82, 2.24) is 24.6 Å². The van der Waals surface area contributed by atoms with Gasteiger partial charge in [0.1, 0.15) is 11.4 Å². The summed E-state index contributed by atoms with van der Waals surface area (Å²) in [6.07, 6.45) is -0.364. The number of piperidine rings is 1. The molecule has 0 aliphatic carbocycles. The summed E-state index contributed by atoms with van der Waals surface area (Å²) in [4.78, 5) is 14.0. The molecule has 0 aromatic carbocycles. The van der Waals surface area contributed by atoms with Crippen LogP contribution in [0.4, 0.5) is 13.2 Å². The molecular weight excluding hydrogens is 359 g/mol. The van der Waals surface area contributed by atoms with E-state index < -0.39 is 11.9 Å². The minimum Gasteiger partial charge on any atom is -0.354 e. The first kappa shape index (κ1) is 19.5. The lowest BCUT2D eigenvalue weighted by Crippen LogP contribution is -2.35. The quantitative estimate of drug-likeness (QED) is 0.883. The van der Waals surface area contributed by atoms with Gasteiger partial charge in [0.25, 0.3) is 5.91 Å². The van der Waals surface area contributed by atoms with Crippen LogP contribution in [0, 0.1) is 0 Å². The largest absolute Gasteiger partial charge is 0.433 e. The van der Waals surface area contributed by atoms with E-state index in [1.807, 2.05) is 17.7 Å². The van der Waals surface area contributed by atoms with E-state index in [-0.39, 0.29) is 24.1 Å². The molecule has 2 aromatic heterocycles. The zero-order valence-corrected chi connectivity index (χ0v) is 15.7. The molecule has 0 saturated carbocycles. The van der Waals surface area contributed by atoms with E-state index in [0.717, 1.165) is 29.6 Å². The Kier molecular flexibility index (Phi) is 5.32. The normalized spacial score (nSPS) is 18.7. The van der Waals surface area contributed by atoms with E-state index >= 15 is 0 Å². The van der Waals surface area contributed by atoms with Crippen molar-refractivity contribution in [2.75, 3.05) is 13.6 Å². The number of aromatic nitrogens is 3. The van der Waals surface area contributed by atoms with Crippen LogP contribution in [0.3, 0.4) is 0 Å². The molecule has 9 heteroatoms. The molecule has 6 nitrogen and oxygen atoms in total. The van der Waals surface area contributed by atoms with Gasteiger partial charge in [-0.05, 0) is 31.5 Å². The van der Waals surface area contributed by atoms with Gasteiger partial charge in [-0.15, -0.1) is 0 Å². The molecule has 1 N–H and O–H groups in total. The van der Waals surface area contributed by atoms with Gasteiger partial charge in [-0.3, -0.25) is 14.4 Å². The van der Waals surface area contributed by atoms with Crippen LogP contribution in [-0.4, -0.2) is 38.7 Å². The number of likely N-dealkylation sites (tertiary alicyclic amines) is 1. The average Bonchev–Trinajstić information content (AvgIpc) is 3.17. The van der Waals surface area contributed by atoms with E-state index in [4.69, 9.17) is 0 Å². The fraction of sp³-hybridized carbons (Fsp3) is 0.556. The predicted octanol–water partition coefficient (Wildman–Crippen LogP) is 2.86. The Bertz CT molecular complexity index is 824. The van der Waals surface area contributed by atoms with Crippen molar-refractivity contribution >= 4 is 5.91 Å². The fourth-order valence-corrected chi connectivity index (χ4v) is 3.92. The van der Waals surface area contributed by atoms with Gasteiger partial charge in [-0.25, -0.2) is 0 Å². The van der Waals surface area contributed by atoms with Crippen LogP contribution in [-0.2, 0) is 26.8 Å². The molecule has 148 valence electrons. The number of amides is 1. The molecule has 1 aliphatic rings. The monoisotopic (exact) mass is 383 g/mol. The highest BCUT2D eigenvalue weighted by Gasteiger charge is 2.38. The second-order valence-electron chi connectivity index (χ2n) is 6.90. The number of halogens is 3. The third-order valence-electron chi connectivity index (χ3n) is 5.23. The Morgan fingerprint density at radius 3 is 2.70 bits per heavy atom. The van der Waals surface area contributed by atoms with Gasteiger partial charge in [-0.2, -0.15) is 18.3 Å². The van der Waals surface area contributed by atoms with E-state index in [9.17, 15) is 18.0 Å². The zero-order valence-electron chi connectivity index (χ0n) is 15.7. The lowest BCUT2D eigenvalue weighted by atomic mass is 9.98. The summed E-state index contributed by atoms with van der Waals surface area (Å²) in [5.41, 5.74) is 0.948. The summed E-state index contributed by atoms with van der Waals surface area (Å²) >= 11 is 0. The highest BCUT2D eigenvalue weighted by molar-refractivity contribution is 5.92. The Morgan fingerprint density at radius 2 is 2.04 bits per heavy atom. The number of alkyl halides is 3. The standard InChI is InChI=1S/C18H24F3N5O/c1-22-17(27)15-8-7-13(24(15)2)14-6-4-5-9-26(14)11-12-10-23-25(3)16(12)18(19,20)21/h7-8,10,14H,4-6,9,11H2,1-3H3,(H,22,27). The van der Waals surface area contributed by atoms with Gasteiger partial charge in [0, 0.05) is 38.9 Å². The molecule has 27 heavy (non-hydrogen) atoms. The third kappa shape index (κ3) is 3.73. The number of hydrogen-bond donors (Lipinski definition) is 1. The second kappa shape index (κ2) is 7.38. The number of carbonyl (C=O) groups excluding carboxylic acids is 1. The van der Waals surface area contributed by atoms with Crippen LogP contribution in [0.25, 0.3) is 0 Å². The Morgan fingerprint density at radius 1 is 1.30 bits per heavy atom. The second-order valence-corrected chi connectivity index (χ2v) is 6.90. The topological polar surface area (TPSA) is 55.1 Å². The van der Waals surface area contributed by atoms with Crippen molar-refractivity contribution in [2.45, 2.75) is 38.0 Å². The smallest absolute Gasteiger partial charge is 0.354 e. The minimum absolute atomic E-state index is 0.0385. The van der Waals surface area contributed by atoms with Crippen LogP contribution in [0.15, 0.2) is 18.3 Å². The van der Waals surface area contributed by atoms with Crippen molar-refractivity contribution in [1.29, 1.82) is 0 Å². The first-order valence-electron chi connectivity index (χ1n) is 8.94. The first-order chi connectivity index (χ1) is 12.7. The Labute approximate surface area is 155 Å². The summed E-state index contributed by atoms with van der Waals surface area (Å²) < 4.78 is 42.9. The molecule has 0 radical (unpaired) electrons. The average molecular weight is 383 g/mol. The maximum Gasteiger partial charge on any atom is 0.433 e. The van der Waals surface area contributed by atoms with Crippen molar-refractivity contribution in [3.8, 4) is 0 Å². The predicted molar refractivity (Wildman–Crippen MR) is 94.0 cm³/mol. The van der Waals surface area contributed by atoms with Crippen LogP contribution >= 0.6 is 0 Å². The van der Waals surface area contributed by atoms with Gasteiger partial charge in [0.15, 0.2) is 0 Å². The first-order valence-corrected chi connectivity index (χ1v) is 8.94. The lowest BCUT2D eigenvalue weighted by molar-refractivity contribution is -0.144. The Balaban J connectivity index is 1.90. The summed E-state index contributed by atoms with van der Waals surface area (Å²) in [5.74, 6) is -0.183. The minimum atomic E-state index is -4.44. The number of aryl methyl sites for hydroxylation is 1. The molecule has 0 bridgehead atoms. The zero-order chi connectivity index (χ0) is 19.8. The molecule has 1 fully saturated rings. The molecule has 2 aromatic rings.